The van der Waals surface area contributed by atoms with Crippen LogP contribution in [0.25, 0.3) is 0 Å². The third kappa shape index (κ3) is 4.42. The van der Waals surface area contributed by atoms with Gasteiger partial charge in [-0.3, -0.25) is 0 Å². The third-order valence-electron chi connectivity index (χ3n) is 4.87. The number of likely N-dealkylation sites (N-methyl/N-ethyl adjacent to an activating group) is 2. The van der Waals surface area contributed by atoms with E-state index in [2.05, 4.69) is 43.1 Å². The molecule has 0 bridgehead atoms. The average molecular weight is 283 g/mol. The molecule has 0 radical (unpaired) electrons. The maximum absolute atomic E-state index is 5.71. The molecule has 0 aromatic heterocycles. The molecule has 2 aliphatic heterocycles. The molecule has 0 aliphatic carbocycles. The molecule has 2 rings (SSSR count). The van der Waals surface area contributed by atoms with Gasteiger partial charge in [0.05, 0.1) is 6.61 Å². The molecule has 4 nitrogen and oxygen atoms in total. The predicted molar refractivity (Wildman–Crippen MR) is 84.2 cm³/mol. The van der Waals surface area contributed by atoms with Crippen LogP contribution in [-0.4, -0.2) is 75.4 Å². The van der Waals surface area contributed by atoms with Crippen LogP contribution in [0.15, 0.2) is 0 Å². The molecule has 118 valence electrons. The number of hydrogen-bond donors (Lipinski definition) is 1. The average Bonchev–Trinajstić information content (AvgIpc) is 2.98. The standard InChI is InChI=1S/C16H33N3O/c1-14(2)17-11-16(7-9-20-13-16)12-18(3)10-15-6-5-8-19(15)4/h14-15,17H,5-13H2,1-4H3. The second kappa shape index (κ2) is 7.21. The normalized spacial score (nSPS) is 31.8. The number of ether oxygens (including phenoxy) is 1. The molecular weight excluding hydrogens is 250 g/mol. The molecule has 0 amide bonds. The Balaban J connectivity index is 1.83. The Labute approximate surface area is 124 Å². The zero-order valence-corrected chi connectivity index (χ0v) is 13.8. The van der Waals surface area contributed by atoms with Crippen molar-refractivity contribution in [2.75, 3.05) is 53.5 Å². The van der Waals surface area contributed by atoms with Gasteiger partial charge in [-0.25, -0.2) is 0 Å². The third-order valence-corrected chi connectivity index (χ3v) is 4.87. The number of nitrogens with zero attached hydrogens (tertiary/aromatic N) is 2. The van der Waals surface area contributed by atoms with E-state index in [1.165, 1.54) is 32.4 Å². The van der Waals surface area contributed by atoms with Crippen molar-refractivity contribution in [2.24, 2.45) is 5.41 Å². The van der Waals surface area contributed by atoms with Crippen LogP contribution in [0.3, 0.4) is 0 Å². The lowest BCUT2D eigenvalue weighted by molar-refractivity contribution is 0.106. The van der Waals surface area contributed by atoms with Crippen LogP contribution in [0.1, 0.15) is 33.1 Å². The molecule has 0 spiro atoms. The zero-order chi connectivity index (χ0) is 14.6. The van der Waals surface area contributed by atoms with Gasteiger partial charge in [0, 0.05) is 43.7 Å². The second-order valence-electron chi connectivity index (χ2n) is 7.31. The van der Waals surface area contributed by atoms with Crippen molar-refractivity contribution in [1.82, 2.24) is 15.1 Å². The summed E-state index contributed by atoms with van der Waals surface area (Å²) in [4.78, 5) is 5.05. The lowest BCUT2D eigenvalue weighted by Gasteiger charge is -2.35. The van der Waals surface area contributed by atoms with Gasteiger partial charge in [0.1, 0.15) is 0 Å². The highest BCUT2D eigenvalue weighted by molar-refractivity contribution is 4.90. The van der Waals surface area contributed by atoms with Crippen LogP contribution in [0.5, 0.6) is 0 Å². The van der Waals surface area contributed by atoms with E-state index in [9.17, 15) is 0 Å². The fourth-order valence-electron chi connectivity index (χ4n) is 3.60. The lowest BCUT2D eigenvalue weighted by atomic mass is 9.86. The van der Waals surface area contributed by atoms with Gasteiger partial charge in [-0.15, -0.1) is 0 Å². The Kier molecular flexibility index (Phi) is 5.84. The highest BCUT2D eigenvalue weighted by Gasteiger charge is 2.36. The maximum Gasteiger partial charge on any atom is 0.0547 e. The van der Waals surface area contributed by atoms with E-state index >= 15 is 0 Å². The quantitative estimate of drug-likeness (QED) is 0.765. The highest BCUT2D eigenvalue weighted by atomic mass is 16.5. The van der Waals surface area contributed by atoms with Gasteiger partial charge in [-0.05, 0) is 39.9 Å². The van der Waals surface area contributed by atoms with E-state index < -0.39 is 0 Å². The van der Waals surface area contributed by atoms with Crippen LogP contribution in [0, 0.1) is 5.41 Å². The summed E-state index contributed by atoms with van der Waals surface area (Å²) in [6, 6.07) is 1.30. The molecule has 0 aromatic rings. The van der Waals surface area contributed by atoms with E-state index in [4.69, 9.17) is 4.74 Å². The van der Waals surface area contributed by atoms with Crippen LogP contribution in [0.2, 0.25) is 0 Å². The van der Waals surface area contributed by atoms with Crippen molar-refractivity contribution in [1.29, 1.82) is 0 Å². The number of rotatable bonds is 7. The molecule has 20 heavy (non-hydrogen) atoms. The minimum atomic E-state index is 0.316. The molecular formula is C16H33N3O. The minimum absolute atomic E-state index is 0.316. The molecule has 4 heteroatoms. The van der Waals surface area contributed by atoms with Crippen molar-refractivity contribution >= 4 is 0 Å². The van der Waals surface area contributed by atoms with Gasteiger partial charge in [-0.2, -0.15) is 0 Å². The molecule has 2 fully saturated rings. The number of likely N-dealkylation sites (tertiary alicyclic amines) is 1. The van der Waals surface area contributed by atoms with Crippen LogP contribution < -0.4 is 5.32 Å². The highest BCUT2D eigenvalue weighted by Crippen LogP contribution is 2.29. The van der Waals surface area contributed by atoms with Gasteiger partial charge < -0.3 is 19.9 Å². The maximum atomic E-state index is 5.71. The van der Waals surface area contributed by atoms with E-state index in [-0.39, 0.29) is 0 Å². The van der Waals surface area contributed by atoms with E-state index in [1.807, 2.05) is 0 Å². The second-order valence-corrected chi connectivity index (χ2v) is 7.31. The Hall–Kier alpha value is -0.160. The topological polar surface area (TPSA) is 27.7 Å². The Morgan fingerprint density at radius 2 is 2.25 bits per heavy atom. The number of hydrogen-bond acceptors (Lipinski definition) is 4. The summed E-state index contributed by atoms with van der Waals surface area (Å²) in [6.07, 6.45) is 3.91. The van der Waals surface area contributed by atoms with Crippen LogP contribution in [-0.2, 0) is 4.74 Å². The summed E-state index contributed by atoms with van der Waals surface area (Å²) in [5, 5.41) is 3.62. The van der Waals surface area contributed by atoms with Crippen molar-refractivity contribution < 1.29 is 4.74 Å². The first kappa shape index (κ1) is 16.2. The Morgan fingerprint density at radius 3 is 2.80 bits per heavy atom. The zero-order valence-electron chi connectivity index (χ0n) is 13.8. The fourth-order valence-corrected chi connectivity index (χ4v) is 3.60. The lowest BCUT2D eigenvalue weighted by Crippen LogP contribution is -2.47. The van der Waals surface area contributed by atoms with E-state index in [1.54, 1.807) is 0 Å². The van der Waals surface area contributed by atoms with Crippen LogP contribution in [0.4, 0.5) is 0 Å². The number of nitrogens with one attached hydrogen (secondary N) is 1. The Morgan fingerprint density at radius 1 is 1.45 bits per heavy atom. The van der Waals surface area contributed by atoms with E-state index in [0.29, 0.717) is 11.5 Å². The van der Waals surface area contributed by atoms with Gasteiger partial charge in [0.15, 0.2) is 0 Å². The SMILES string of the molecule is CC(C)NCC1(CN(C)CC2CCCN2C)CCOC1. The Bertz CT molecular complexity index is 289. The molecule has 1 N–H and O–H groups in total. The van der Waals surface area contributed by atoms with Crippen molar-refractivity contribution in [3.63, 3.8) is 0 Å². The molecule has 2 heterocycles. The predicted octanol–water partition coefficient (Wildman–Crippen LogP) is 1.42. The summed E-state index contributed by atoms with van der Waals surface area (Å²) in [6.45, 7) is 11.0. The van der Waals surface area contributed by atoms with Gasteiger partial charge in [0.25, 0.3) is 0 Å². The smallest absolute Gasteiger partial charge is 0.0547 e. The molecule has 0 saturated carbocycles. The first-order valence-electron chi connectivity index (χ1n) is 8.21. The van der Waals surface area contributed by atoms with Gasteiger partial charge in [0.2, 0.25) is 0 Å². The summed E-state index contributed by atoms with van der Waals surface area (Å²) < 4.78 is 5.71. The monoisotopic (exact) mass is 283 g/mol. The summed E-state index contributed by atoms with van der Waals surface area (Å²) in [7, 11) is 4.54. The van der Waals surface area contributed by atoms with Gasteiger partial charge in [-0.1, -0.05) is 13.8 Å². The van der Waals surface area contributed by atoms with Crippen molar-refractivity contribution in [3.05, 3.63) is 0 Å². The van der Waals surface area contributed by atoms with Crippen LogP contribution >= 0.6 is 0 Å². The summed E-state index contributed by atoms with van der Waals surface area (Å²) in [5.41, 5.74) is 0.316. The van der Waals surface area contributed by atoms with E-state index in [0.717, 1.165) is 32.3 Å². The molecule has 2 saturated heterocycles. The minimum Gasteiger partial charge on any atom is -0.381 e. The van der Waals surface area contributed by atoms with Crippen molar-refractivity contribution in [3.8, 4) is 0 Å². The first-order chi connectivity index (χ1) is 9.51. The molecule has 0 aromatic carbocycles. The first-order valence-corrected chi connectivity index (χ1v) is 8.21. The van der Waals surface area contributed by atoms with Gasteiger partial charge >= 0.3 is 0 Å². The molecule has 2 atom stereocenters. The fraction of sp³-hybridized carbons (Fsp3) is 1.00. The summed E-state index contributed by atoms with van der Waals surface area (Å²) in [5.74, 6) is 0. The molecule has 2 aliphatic rings. The molecule has 2 unspecified atom stereocenters. The summed E-state index contributed by atoms with van der Waals surface area (Å²) >= 11 is 0. The van der Waals surface area contributed by atoms with Crippen molar-refractivity contribution in [2.45, 2.75) is 45.2 Å². The largest absolute Gasteiger partial charge is 0.381 e.